The van der Waals surface area contributed by atoms with E-state index in [9.17, 15) is 18.8 Å². The van der Waals surface area contributed by atoms with E-state index in [1.165, 1.54) is 36.3 Å². The van der Waals surface area contributed by atoms with Crippen LogP contribution in [0, 0.1) is 5.82 Å². The SMILES string of the molecule is COC(=O)c1cc(NC(=O)NC2N=C(c3ccccc3F)c3ccccc3N(C)C2=O)ccc1Cl. The minimum Gasteiger partial charge on any atom is -0.465 e. The van der Waals surface area contributed by atoms with Crippen LogP contribution < -0.4 is 15.5 Å². The lowest BCUT2D eigenvalue weighted by molar-refractivity contribution is -0.119. The molecule has 0 fully saturated rings. The maximum absolute atomic E-state index is 14.7. The molecule has 35 heavy (non-hydrogen) atoms. The zero-order valence-electron chi connectivity index (χ0n) is 18.7. The molecule has 10 heteroatoms. The minimum atomic E-state index is -1.35. The first-order valence-electron chi connectivity index (χ1n) is 10.4. The van der Waals surface area contributed by atoms with Crippen LogP contribution in [0.25, 0.3) is 0 Å². The molecule has 1 atom stereocenters. The number of hydrogen-bond acceptors (Lipinski definition) is 5. The summed E-state index contributed by atoms with van der Waals surface area (Å²) in [4.78, 5) is 43.7. The molecule has 0 saturated carbocycles. The van der Waals surface area contributed by atoms with E-state index >= 15 is 0 Å². The molecule has 1 aliphatic rings. The lowest BCUT2D eigenvalue weighted by atomic mass is 10.00. The molecule has 8 nitrogen and oxygen atoms in total. The number of fused-ring (bicyclic) bond motifs is 1. The van der Waals surface area contributed by atoms with Gasteiger partial charge < -0.3 is 20.3 Å². The molecule has 3 amide bonds. The van der Waals surface area contributed by atoms with Crippen molar-refractivity contribution in [1.29, 1.82) is 0 Å². The van der Waals surface area contributed by atoms with Gasteiger partial charge in [0, 0.05) is 23.9 Å². The summed E-state index contributed by atoms with van der Waals surface area (Å²) in [7, 11) is 2.76. The van der Waals surface area contributed by atoms with Crippen LogP contribution in [0.3, 0.4) is 0 Å². The Balaban J connectivity index is 1.67. The third-order valence-corrected chi connectivity index (χ3v) is 5.70. The monoisotopic (exact) mass is 494 g/mol. The lowest BCUT2D eigenvalue weighted by Crippen LogP contribution is -2.47. The number of halogens is 2. The second-order valence-electron chi connectivity index (χ2n) is 7.56. The number of nitrogens with one attached hydrogen (secondary N) is 2. The molecule has 0 saturated heterocycles. The quantitative estimate of drug-likeness (QED) is 0.530. The number of benzodiazepines with no additional fused rings is 1. The second-order valence-corrected chi connectivity index (χ2v) is 7.97. The van der Waals surface area contributed by atoms with E-state index in [1.807, 2.05) is 0 Å². The lowest BCUT2D eigenvalue weighted by Gasteiger charge is -2.21. The Morgan fingerprint density at radius 3 is 2.46 bits per heavy atom. The first-order chi connectivity index (χ1) is 16.8. The summed E-state index contributed by atoms with van der Waals surface area (Å²) in [6, 6.07) is 16.5. The second kappa shape index (κ2) is 9.94. The Morgan fingerprint density at radius 2 is 1.74 bits per heavy atom. The van der Waals surface area contributed by atoms with Crippen molar-refractivity contribution in [2.24, 2.45) is 4.99 Å². The van der Waals surface area contributed by atoms with Crippen molar-refractivity contribution < 1.29 is 23.5 Å². The number of urea groups is 1. The Labute approximate surface area is 205 Å². The molecule has 4 rings (SSSR count). The van der Waals surface area contributed by atoms with Gasteiger partial charge in [0.1, 0.15) is 5.82 Å². The molecule has 0 radical (unpaired) electrons. The summed E-state index contributed by atoms with van der Waals surface area (Å²) in [5.41, 5.74) is 1.77. The molecule has 1 unspecified atom stereocenters. The molecular formula is C25H20ClFN4O4. The van der Waals surface area contributed by atoms with Crippen molar-refractivity contribution in [3.8, 4) is 0 Å². The van der Waals surface area contributed by atoms with E-state index < -0.39 is 29.9 Å². The average molecular weight is 495 g/mol. The Morgan fingerprint density at radius 1 is 1.06 bits per heavy atom. The van der Waals surface area contributed by atoms with Gasteiger partial charge in [0.15, 0.2) is 0 Å². The van der Waals surface area contributed by atoms with Gasteiger partial charge in [-0.15, -0.1) is 0 Å². The van der Waals surface area contributed by atoms with Crippen molar-refractivity contribution in [2.45, 2.75) is 6.17 Å². The number of nitrogens with zero attached hydrogens (tertiary/aromatic N) is 2. The molecule has 3 aromatic carbocycles. The maximum atomic E-state index is 14.7. The van der Waals surface area contributed by atoms with Crippen molar-refractivity contribution in [3.05, 3.63) is 94.3 Å². The highest BCUT2D eigenvalue weighted by atomic mass is 35.5. The van der Waals surface area contributed by atoms with Crippen LogP contribution in [0.15, 0.2) is 71.7 Å². The first-order valence-corrected chi connectivity index (χ1v) is 10.8. The van der Waals surface area contributed by atoms with Crippen molar-refractivity contribution in [2.75, 3.05) is 24.4 Å². The zero-order valence-corrected chi connectivity index (χ0v) is 19.5. The van der Waals surface area contributed by atoms with Crippen LogP contribution in [0.4, 0.5) is 20.6 Å². The predicted octanol–water partition coefficient (Wildman–Crippen LogP) is 4.23. The van der Waals surface area contributed by atoms with E-state index in [-0.39, 0.29) is 27.5 Å². The molecule has 0 bridgehead atoms. The highest BCUT2D eigenvalue weighted by Gasteiger charge is 2.31. The number of likely N-dealkylation sites (N-methyl/N-ethyl adjacent to an activating group) is 1. The summed E-state index contributed by atoms with van der Waals surface area (Å²) in [6.45, 7) is 0. The van der Waals surface area contributed by atoms with Gasteiger partial charge >= 0.3 is 12.0 Å². The third-order valence-electron chi connectivity index (χ3n) is 5.37. The largest absolute Gasteiger partial charge is 0.465 e. The number of para-hydroxylation sites is 1. The number of aliphatic imine (C=N–C) groups is 1. The van der Waals surface area contributed by atoms with E-state index in [1.54, 1.807) is 49.5 Å². The highest BCUT2D eigenvalue weighted by molar-refractivity contribution is 6.33. The minimum absolute atomic E-state index is 0.0625. The summed E-state index contributed by atoms with van der Waals surface area (Å²) in [6.07, 6.45) is -1.35. The molecule has 1 aliphatic heterocycles. The van der Waals surface area contributed by atoms with Crippen LogP contribution in [0.2, 0.25) is 5.02 Å². The van der Waals surface area contributed by atoms with Crippen molar-refractivity contribution in [1.82, 2.24) is 5.32 Å². The van der Waals surface area contributed by atoms with Gasteiger partial charge in [-0.05, 0) is 36.4 Å². The smallest absolute Gasteiger partial charge is 0.339 e. The van der Waals surface area contributed by atoms with Gasteiger partial charge in [0.2, 0.25) is 6.17 Å². The Kier molecular flexibility index (Phi) is 6.79. The number of benzene rings is 3. The fourth-order valence-electron chi connectivity index (χ4n) is 3.65. The number of rotatable bonds is 4. The molecule has 0 spiro atoms. The van der Waals surface area contributed by atoms with Crippen molar-refractivity contribution in [3.63, 3.8) is 0 Å². The maximum Gasteiger partial charge on any atom is 0.339 e. The number of carbonyl (C=O) groups excluding carboxylic acids is 3. The van der Waals surface area contributed by atoms with Gasteiger partial charge in [-0.3, -0.25) is 4.79 Å². The molecule has 3 aromatic rings. The summed E-state index contributed by atoms with van der Waals surface area (Å²) in [5, 5.41) is 5.22. The number of ether oxygens (including phenoxy) is 1. The van der Waals surface area contributed by atoms with E-state index in [2.05, 4.69) is 20.4 Å². The van der Waals surface area contributed by atoms with Gasteiger partial charge in [-0.25, -0.2) is 19.0 Å². The van der Waals surface area contributed by atoms with Crippen LogP contribution in [0.5, 0.6) is 0 Å². The van der Waals surface area contributed by atoms with Crippen molar-refractivity contribution >= 4 is 46.6 Å². The molecule has 0 aromatic heterocycles. The van der Waals surface area contributed by atoms with Gasteiger partial charge in [0.25, 0.3) is 5.91 Å². The highest BCUT2D eigenvalue weighted by Crippen LogP contribution is 2.28. The number of hydrogen-bond donors (Lipinski definition) is 2. The molecule has 1 heterocycles. The van der Waals surface area contributed by atoms with Crippen LogP contribution in [-0.2, 0) is 9.53 Å². The van der Waals surface area contributed by atoms with Crippen LogP contribution in [0.1, 0.15) is 21.5 Å². The topological polar surface area (TPSA) is 100 Å². The third kappa shape index (κ3) is 4.85. The van der Waals surface area contributed by atoms with Gasteiger partial charge in [-0.1, -0.05) is 41.9 Å². The Hall–Kier alpha value is -4.24. The average Bonchev–Trinajstić information content (AvgIpc) is 2.96. The normalized spacial score (nSPS) is 15.0. The van der Waals surface area contributed by atoms with Gasteiger partial charge in [-0.2, -0.15) is 0 Å². The summed E-state index contributed by atoms with van der Waals surface area (Å²) >= 11 is 6.02. The zero-order chi connectivity index (χ0) is 25.1. The standard InChI is InChI=1S/C25H20ClFN4O4/c1-31-20-10-6-4-8-16(20)21(15-7-3-5-9-19(15)27)29-22(23(31)32)30-25(34)28-14-11-12-18(26)17(13-14)24(33)35-2/h3-13,22H,1-2H3,(H2,28,30,34). The molecule has 178 valence electrons. The fraction of sp³-hybridized carbons (Fsp3) is 0.120. The number of methoxy groups -OCH3 is 1. The van der Waals surface area contributed by atoms with E-state index in [0.717, 1.165) is 0 Å². The fourth-order valence-corrected chi connectivity index (χ4v) is 3.84. The Bertz CT molecular complexity index is 1360. The predicted molar refractivity (Wildman–Crippen MR) is 131 cm³/mol. The molecule has 2 N–H and O–H groups in total. The van der Waals surface area contributed by atoms with E-state index in [0.29, 0.717) is 11.3 Å². The molecular weight excluding hydrogens is 475 g/mol. The number of anilines is 2. The number of esters is 1. The van der Waals surface area contributed by atoms with Gasteiger partial charge in [0.05, 0.1) is 29.1 Å². The summed E-state index contributed by atoms with van der Waals surface area (Å²) < 4.78 is 19.4. The number of carbonyl (C=O) groups is 3. The molecule has 0 aliphatic carbocycles. The van der Waals surface area contributed by atoms with E-state index in [4.69, 9.17) is 11.6 Å². The first kappa shape index (κ1) is 23.9. The van der Waals surface area contributed by atoms with Crippen LogP contribution in [-0.4, -0.2) is 43.9 Å². The number of amides is 3. The van der Waals surface area contributed by atoms with Crippen LogP contribution >= 0.6 is 11.6 Å². The summed E-state index contributed by atoms with van der Waals surface area (Å²) in [5.74, 6) is -1.71.